The van der Waals surface area contributed by atoms with Gasteiger partial charge in [0.25, 0.3) is 0 Å². The second-order valence-corrected chi connectivity index (χ2v) is 7.80. The molecule has 1 heterocycles. The number of sulfone groups is 1. The normalized spacial score (nSPS) is 23.6. The van der Waals surface area contributed by atoms with Crippen molar-refractivity contribution in [3.63, 3.8) is 0 Å². The zero-order valence-corrected chi connectivity index (χ0v) is 11.2. The summed E-state index contributed by atoms with van der Waals surface area (Å²) in [6.07, 6.45) is 0.847. The van der Waals surface area contributed by atoms with Crippen LogP contribution in [0, 0.1) is 11.3 Å². The summed E-state index contributed by atoms with van der Waals surface area (Å²) in [5, 5.41) is 11.8. The summed E-state index contributed by atoms with van der Waals surface area (Å²) in [4.78, 5) is 11.6. The topological polar surface area (TPSA) is 83.5 Å². The summed E-state index contributed by atoms with van der Waals surface area (Å²) in [7, 11) is -2.91. The van der Waals surface area contributed by atoms with Crippen molar-refractivity contribution in [2.75, 3.05) is 24.7 Å². The number of aliphatic hydroxyl groups is 1. The fourth-order valence-electron chi connectivity index (χ4n) is 1.76. The molecule has 0 saturated carbocycles. The smallest absolute Gasteiger partial charge is 0.220 e. The molecule has 5 nitrogen and oxygen atoms in total. The lowest BCUT2D eigenvalue weighted by Gasteiger charge is -2.22. The fraction of sp³-hybridized carbons (Fsp3) is 0.909. The number of amides is 1. The maximum atomic E-state index is 11.6. The average Bonchev–Trinajstić information content (AvgIpc) is 2.55. The third-order valence-electron chi connectivity index (χ3n) is 2.99. The van der Waals surface area contributed by atoms with Crippen molar-refractivity contribution in [1.29, 1.82) is 0 Å². The summed E-state index contributed by atoms with van der Waals surface area (Å²) in [5.74, 6) is 0.155. The van der Waals surface area contributed by atoms with Crippen molar-refractivity contribution in [2.24, 2.45) is 11.3 Å². The first-order valence-corrected chi connectivity index (χ1v) is 7.64. The van der Waals surface area contributed by atoms with Gasteiger partial charge >= 0.3 is 0 Å². The Morgan fingerprint density at radius 1 is 1.47 bits per heavy atom. The maximum absolute atomic E-state index is 11.6. The van der Waals surface area contributed by atoms with Crippen molar-refractivity contribution in [3.8, 4) is 0 Å². The number of aliphatic hydroxyl groups excluding tert-OH is 1. The number of rotatable bonds is 5. The Hall–Kier alpha value is -0.620. The molecule has 1 rings (SSSR count). The maximum Gasteiger partial charge on any atom is 0.220 e. The van der Waals surface area contributed by atoms with E-state index < -0.39 is 9.84 Å². The molecule has 0 aliphatic carbocycles. The largest absolute Gasteiger partial charge is 0.396 e. The van der Waals surface area contributed by atoms with E-state index >= 15 is 0 Å². The Morgan fingerprint density at radius 3 is 2.59 bits per heavy atom. The highest BCUT2D eigenvalue weighted by atomic mass is 32.2. The third kappa shape index (κ3) is 5.04. The lowest BCUT2D eigenvalue weighted by Crippen LogP contribution is -2.36. The summed E-state index contributed by atoms with van der Waals surface area (Å²) in [5.41, 5.74) is -0.336. The van der Waals surface area contributed by atoms with Crippen LogP contribution in [0.15, 0.2) is 0 Å². The predicted molar refractivity (Wildman–Crippen MR) is 65.3 cm³/mol. The van der Waals surface area contributed by atoms with Crippen LogP contribution in [0.3, 0.4) is 0 Å². The van der Waals surface area contributed by atoms with Crippen LogP contribution in [0.2, 0.25) is 0 Å². The first-order valence-electron chi connectivity index (χ1n) is 5.82. The van der Waals surface area contributed by atoms with Gasteiger partial charge in [-0.25, -0.2) is 8.42 Å². The minimum absolute atomic E-state index is 0.00505. The SMILES string of the molecule is CC(C)(CO)CNC(=O)CC1CCS(=O)(=O)C1. The van der Waals surface area contributed by atoms with E-state index in [4.69, 9.17) is 5.11 Å². The molecule has 0 spiro atoms. The van der Waals surface area contributed by atoms with Crippen molar-refractivity contribution in [2.45, 2.75) is 26.7 Å². The second-order valence-electron chi connectivity index (χ2n) is 5.57. The van der Waals surface area contributed by atoms with Gasteiger partial charge in [0, 0.05) is 25.0 Å². The van der Waals surface area contributed by atoms with Crippen LogP contribution in [0.25, 0.3) is 0 Å². The van der Waals surface area contributed by atoms with E-state index in [-0.39, 0.29) is 41.8 Å². The van der Waals surface area contributed by atoms with E-state index in [1.807, 2.05) is 13.8 Å². The minimum Gasteiger partial charge on any atom is -0.396 e. The molecule has 0 bridgehead atoms. The predicted octanol–water partition coefficient (Wildman–Crippen LogP) is -0.0541. The minimum atomic E-state index is -2.91. The number of nitrogens with one attached hydrogen (secondary N) is 1. The molecule has 17 heavy (non-hydrogen) atoms. The molecule has 0 aromatic heterocycles. The number of carbonyl (C=O) groups is 1. The average molecular weight is 263 g/mol. The number of hydrogen-bond acceptors (Lipinski definition) is 4. The van der Waals surface area contributed by atoms with E-state index in [0.717, 1.165) is 0 Å². The Labute approximate surface area is 103 Å². The van der Waals surface area contributed by atoms with E-state index in [1.165, 1.54) is 0 Å². The standard InChI is InChI=1S/C11H21NO4S/c1-11(2,8-13)7-12-10(14)5-9-3-4-17(15,16)6-9/h9,13H,3-8H2,1-2H3,(H,12,14). The van der Waals surface area contributed by atoms with Crippen LogP contribution in [0.5, 0.6) is 0 Å². The van der Waals surface area contributed by atoms with Crippen LogP contribution in [0.4, 0.5) is 0 Å². The zero-order valence-electron chi connectivity index (χ0n) is 10.4. The van der Waals surface area contributed by atoms with Crippen LogP contribution in [-0.4, -0.2) is 44.1 Å². The van der Waals surface area contributed by atoms with Crippen molar-refractivity contribution < 1.29 is 18.3 Å². The van der Waals surface area contributed by atoms with Gasteiger partial charge in [0.05, 0.1) is 11.5 Å². The lowest BCUT2D eigenvalue weighted by molar-refractivity contribution is -0.122. The van der Waals surface area contributed by atoms with Crippen LogP contribution in [0.1, 0.15) is 26.7 Å². The molecule has 1 unspecified atom stereocenters. The molecule has 0 aromatic rings. The molecular formula is C11H21NO4S. The zero-order chi connectivity index (χ0) is 13.1. The summed E-state index contributed by atoms with van der Waals surface area (Å²) >= 11 is 0. The van der Waals surface area contributed by atoms with E-state index in [0.29, 0.717) is 13.0 Å². The second kappa shape index (κ2) is 5.35. The molecule has 0 aromatic carbocycles. The Bertz CT molecular complexity index is 375. The monoisotopic (exact) mass is 263 g/mol. The van der Waals surface area contributed by atoms with Gasteiger partial charge in [0.2, 0.25) is 5.91 Å². The first-order chi connectivity index (χ1) is 7.74. The van der Waals surface area contributed by atoms with Crippen molar-refractivity contribution in [1.82, 2.24) is 5.32 Å². The molecule has 0 radical (unpaired) electrons. The molecule has 1 atom stereocenters. The molecule has 100 valence electrons. The van der Waals surface area contributed by atoms with Crippen molar-refractivity contribution >= 4 is 15.7 Å². The fourth-order valence-corrected chi connectivity index (χ4v) is 3.62. The highest BCUT2D eigenvalue weighted by molar-refractivity contribution is 7.91. The van der Waals surface area contributed by atoms with Gasteiger partial charge in [-0.05, 0) is 12.3 Å². The number of carbonyl (C=O) groups excluding carboxylic acids is 1. The number of hydrogen-bond donors (Lipinski definition) is 2. The lowest BCUT2D eigenvalue weighted by atomic mass is 9.94. The molecular weight excluding hydrogens is 242 g/mol. The van der Waals surface area contributed by atoms with Crippen LogP contribution in [-0.2, 0) is 14.6 Å². The van der Waals surface area contributed by atoms with Gasteiger partial charge in [0.15, 0.2) is 9.84 Å². The molecule has 1 fully saturated rings. The molecule has 2 N–H and O–H groups in total. The van der Waals surface area contributed by atoms with Gasteiger partial charge in [-0.3, -0.25) is 4.79 Å². The van der Waals surface area contributed by atoms with Gasteiger partial charge in [-0.1, -0.05) is 13.8 Å². The highest BCUT2D eigenvalue weighted by Gasteiger charge is 2.29. The molecule has 6 heteroatoms. The Balaban J connectivity index is 2.32. The molecule has 1 saturated heterocycles. The Morgan fingerprint density at radius 2 is 2.12 bits per heavy atom. The van der Waals surface area contributed by atoms with E-state index in [2.05, 4.69) is 5.32 Å². The first kappa shape index (κ1) is 14.4. The third-order valence-corrected chi connectivity index (χ3v) is 4.83. The van der Waals surface area contributed by atoms with Gasteiger partial charge in [0.1, 0.15) is 0 Å². The highest BCUT2D eigenvalue weighted by Crippen LogP contribution is 2.21. The molecule has 1 amide bonds. The van der Waals surface area contributed by atoms with E-state index in [1.54, 1.807) is 0 Å². The summed E-state index contributed by atoms with van der Waals surface area (Å²) < 4.78 is 22.4. The Kier molecular flexibility index (Phi) is 4.55. The van der Waals surface area contributed by atoms with E-state index in [9.17, 15) is 13.2 Å². The van der Waals surface area contributed by atoms with Crippen molar-refractivity contribution in [3.05, 3.63) is 0 Å². The molecule has 1 aliphatic heterocycles. The van der Waals surface area contributed by atoms with Gasteiger partial charge in [-0.15, -0.1) is 0 Å². The van der Waals surface area contributed by atoms with Gasteiger partial charge in [-0.2, -0.15) is 0 Å². The van der Waals surface area contributed by atoms with Crippen LogP contribution >= 0.6 is 0 Å². The van der Waals surface area contributed by atoms with Gasteiger partial charge < -0.3 is 10.4 Å². The molecule has 1 aliphatic rings. The van der Waals surface area contributed by atoms with Crippen LogP contribution < -0.4 is 5.32 Å². The summed E-state index contributed by atoms with van der Waals surface area (Å²) in [6, 6.07) is 0. The quantitative estimate of drug-likeness (QED) is 0.728. The summed E-state index contributed by atoms with van der Waals surface area (Å²) in [6.45, 7) is 4.12.